The lowest BCUT2D eigenvalue weighted by atomic mass is 10.2. The van der Waals surface area contributed by atoms with E-state index in [2.05, 4.69) is 34.6 Å². The number of morpholine rings is 1. The predicted molar refractivity (Wildman–Crippen MR) is 110 cm³/mol. The Morgan fingerprint density at radius 1 is 1.21 bits per heavy atom. The van der Waals surface area contributed by atoms with Crippen molar-refractivity contribution < 1.29 is 9.64 Å². The maximum atomic E-state index is 6.32. The second kappa shape index (κ2) is 9.05. The molecule has 1 aliphatic rings. The number of nitrogens with zero attached hydrogens (tertiary/aromatic N) is 4. The summed E-state index contributed by atoms with van der Waals surface area (Å²) in [6, 6.07) is 16.2. The summed E-state index contributed by atoms with van der Waals surface area (Å²) in [6.07, 6.45) is 0.165. The molecule has 1 aromatic heterocycles. The Kier molecular flexibility index (Phi) is 6.26. The van der Waals surface area contributed by atoms with Crippen LogP contribution in [0.3, 0.4) is 0 Å². The maximum absolute atomic E-state index is 6.32. The van der Waals surface area contributed by atoms with Gasteiger partial charge in [0, 0.05) is 16.3 Å². The summed E-state index contributed by atoms with van der Waals surface area (Å²) >= 11 is 7.96. The van der Waals surface area contributed by atoms with Crippen molar-refractivity contribution in [2.24, 2.45) is 0 Å². The largest absolute Gasteiger partial charge is 0.366 e. The molecule has 0 bridgehead atoms. The third-order valence-electron chi connectivity index (χ3n) is 4.91. The van der Waals surface area contributed by atoms with Gasteiger partial charge in [0.15, 0.2) is 0 Å². The van der Waals surface area contributed by atoms with Gasteiger partial charge < -0.3 is 9.64 Å². The monoisotopic (exact) mass is 416 g/mol. The molecule has 2 aromatic carbocycles. The molecule has 0 saturated carbocycles. The highest BCUT2D eigenvalue weighted by Crippen LogP contribution is 2.21. The van der Waals surface area contributed by atoms with E-state index in [0.717, 1.165) is 53.4 Å². The van der Waals surface area contributed by atoms with Gasteiger partial charge in [0.05, 0.1) is 12.3 Å². The first kappa shape index (κ1) is 19.4. The van der Waals surface area contributed by atoms with Crippen molar-refractivity contribution in [2.75, 3.05) is 25.4 Å². The van der Waals surface area contributed by atoms with Gasteiger partial charge in [-0.2, -0.15) is 4.68 Å². The van der Waals surface area contributed by atoms with Gasteiger partial charge in [-0.3, -0.25) is 0 Å². The van der Waals surface area contributed by atoms with Crippen LogP contribution >= 0.6 is 23.4 Å². The summed E-state index contributed by atoms with van der Waals surface area (Å²) in [6.45, 7) is 5.68. The minimum Gasteiger partial charge on any atom is -0.366 e. The summed E-state index contributed by atoms with van der Waals surface area (Å²) in [5, 5.41) is 13.9. The van der Waals surface area contributed by atoms with Crippen molar-refractivity contribution in [2.45, 2.75) is 24.7 Å². The molecule has 0 amide bonds. The molecule has 1 saturated heterocycles. The van der Waals surface area contributed by atoms with Gasteiger partial charge >= 0.3 is 0 Å². The van der Waals surface area contributed by atoms with Crippen LogP contribution in [-0.2, 0) is 11.3 Å². The molecule has 2 atom stereocenters. The van der Waals surface area contributed by atoms with Crippen molar-refractivity contribution in [3.05, 3.63) is 64.7 Å². The Labute approximate surface area is 173 Å². The van der Waals surface area contributed by atoms with Crippen LogP contribution in [0.15, 0.2) is 53.7 Å². The minimum absolute atomic E-state index is 0.165. The van der Waals surface area contributed by atoms with Crippen molar-refractivity contribution in [3.63, 3.8) is 0 Å². The van der Waals surface area contributed by atoms with E-state index < -0.39 is 0 Å². The number of halogens is 1. The number of hydrogen-bond donors (Lipinski definition) is 1. The minimum atomic E-state index is 0.165. The summed E-state index contributed by atoms with van der Waals surface area (Å²) in [5.74, 6) is 0.818. The number of rotatable bonds is 6. The maximum Gasteiger partial charge on any atom is 0.214 e. The topological polar surface area (TPSA) is 57.3 Å². The Balaban J connectivity index is 1.38. The quantitative estimate of drug-likeness (QED) is 0.624. The highest BCUT2D eigenvalue weighted by Gasteiger charge is 2.25. The van der Waals surface area contributed by atoms with Crippen LogP contribution in [0, 0.1) is 6.92 Å². The first-order valence-electron chi connectivity index (χ1n) is 9.36. The zero-order valence-corrected chi connectivity index (χ0v) is 17.3. The molecular weight excluding hydrogens is 394 g/mol. The third-order valence-corrected chi connectivity index (χ3v) is 6.33. The van der Waals surface area contributed by atoms with Crippen LogP contribution in [0.1, 0.15) is 11.1 Å². The predicted octanol–water partition coefficient (Wildman–Crippen LogP) is 2.20. The van der Waals surface area contributed by atoms with Crippen LogP contribution in [0.5, 0.6) is 0 Å². The standard InChI is InChI=1S/C20H22ClN5OS/c1-15-6-2-5-9-19(15)26-20(22-23-24-26)28-14-17-13-25(10-11-27-17)12-16-7-3-4-8-18(16)21/h2-9,17H,10-14H2,1H3/p+1/t17-/m1/s1. The Morgan fingerprint density at radius 3 is 2.89 bits per heavy atom. The summed E-state index contributed by atoms with van der Waals surface area (Å²) in [5.41, 5.74) is 3.34. The van der Waals surface area contributed by atoms with E-state index in [-0.39, 0.29) is 6.10 Å². The van der Waals surface area contributed by atoms with E-state index in [4.69, 9.17) is 16.3 Å². The number of quaternary nitrogens is 1. The smallest absolute Gasteiger partial charge is 0.214 e. The molecule has 8 heteroatoms. The van der Waals surface area contributed by atoms with Gasteiger partial charge in [-0.15, -0.1) is 5.10 Å². The lowest BCUT2D eigenvalue weighted by molar-refractivity contribution is -0.924. The molecule has 6 nitrogen and oxygen atoms in total. The molecule has 146 valence electrons. The van der Waals surface area contributed by atoms with Gasteiger partial charge in [0.1, 0.15) is 25.7 Å². The highest BCUT2D eigenvalue weighted by molar-refractivity contribution is 7.99. The molecule has 2 heterocycles. The third kappa shape index (κ3) is 4.55. The molecule has 3 aromatic rings. The van der Waals surface area contributed by atoms with Crippen molar-refractivity contribution >= 4 is 23.4 Å². The van der Waals surface area contributed by atoms with Crippen molar-refractivity contribution in [1.82, 2.24) is 20.2 Å². The summed E-state index contributed by atoms with van der Waals surface area (Å²) in [4.78, 5) is 1.49. The van der Waals surface area contributed by atoms with Gasteiger partial charge in [0.25, 0.3) is 0 Å². The number of ether oxygens (including phenoxy) is 1. The van der Waals surface area contributed by atoms with Gasteiger partial charge in [-0.1, -0.05) is 59.8 Å². The fraction of sp³-hybridized carbons (Fsp3) is 0.350. The second-order valence-electron chi connectivity index (χ2n) is 6.94. The fourth-order valence-electron chi connectivity index (χ4n) is 3.42. The highest BCUT2D eigenvalue weighted by atomic mass is 35.5. The first-order chi connectivity index (χ1) is 13.7. The van der Waals surface area contributed by atoms with Crippen LogP contribution in [0.2, 0.25) is 5.02 Å². The molecular formula is C20H23ClN5OS+. The average Bonchev–Trinajstić information content (AvgIpc) is 3.17. The number of nitrogens with one attached hydrogen (secondary N) is 1. The molecule has 1 N–H and O–H groups in total. The van der Waals surface area contributed by atoms with Crippen LogP contribution in [-0.4, -0.2) is 51.8 Å². The zero-order valence-electron chi connectivity index (χ0n) is 15.7. The molecule has 1 fully saturated rings. The molecule has 0 radical (unpaired) electrons. The summed E-state index contributed by atoms with van der Waals surface area (Å²) in [7, 11) is 0. The van der Waals surface area contributed by atoms with E-state index in [1.165, 1.54) is 10.5 Å². The van der Waals surface area contributed by atoms with E-state index in [0.29, 0.717) is 0 Å². The average molecular weight is 417 g/mol. The first-order valence-corrected chi connectivity index (χ1v) is 10.7. The van der Waals surface area contributed by atoms with Crippen molar-refractivity contribution in [1.29, 1.82) is 0 Å². The number of tetrazole rings is 1. The van der Waals surface area contributed by atoms with E-state index in [9.17, 15) is 0 Å². The molecule has 0 spiro atoms. The Bertz CT molecular complexity index is 934. The lowest BCUT2D eigenvalue weighted by Gasteiger charge is -2.30. The molecule has 4 rings (SSSR count). The van der Waals surface area contributed by atoms with Crippen molar-refractivity contribution in [3.8, 4) is 5.69 Å². The number of thioether (sulfide) groups is 1. The SMILES string of the molecule is Cc1ccccc1-n1nnnc1SC[C@H]1C[NH+](Cc2ccccc2Cl)CCO1. The van der Waals surface area contributed by atoms with Gasteiger partial charge in [-0.05, 0) is 35.0 Å². The van der Waals surface area contributed by atoms with E-state index >= 15 is 0 Å². The number of aromatic nitrogens is 4. The number of benzene rings is 2. The molecule has 1 unspecified atom stereocenters. The fourth-order valence-corrected chi connectivity index (χ4v) is 4.52. The van der Waals surface area contributed by atoms with Crippen LogP contribution in [0.4, 0.5) is 0 Å². The Hall–Kier alpha value is -1.93. The van der Waals surface area contributed by atoms with Crippen LogP contribution < -0.4 is 4.90 Å². The number of para-hydroxylation sites is 1. The number of hydrogen-bond acceptors (Lipinski definition) is 5. The van der Waals surface area contributed by atoms with E-state index in [1.807, 2.05) is 36.4 Å². The number of aryl methyl sites for hydroxylation is 1. The molecule has 0 aliphatic carbocycles. The van der Waals surface area contributed by atoms with Gasteiger partial charge in [-0.25, -0.2) is 0 Å². The van der Waals surface area contributed by atoms with Crippen LogP contribution in [0.25, 0.3) is 5.69 Å². The molecule has 1 aliphatic heterocycles. The summed E-state index contributed by atoms with van der Waals surface area (Å²) < 4.78 is 7.79. The van der Waals surface area contributed by atoms with E-state index in [1.54, 1.807) is 16.4 Å². The van der Waals surface area contributed by atoms with Gasteiger partial charge in [0.2, 0.25) is 5.16 Å². The molecule has 28 heavy (non-hydrogen) atoms. The lowest BCUT2D eigenvalue weighted by Crippen LogP contribution is -3.13. The zero-order chi connectivity index (χ0) is 19.3. The Morgan fingerprint density at radius 2 is 2.04 bits per heavy atom. The normalized spacial score (nSPS) is 19.6. The second-order valence-corrected chi connectivity index (χ2v) is 8.33.